The lowest BCUT2D eigenvalue weighted by molar-refractivity contribution is 0.343. The van der Waals surface area contributed by atoms with Crippen LogP contribution in [0, 0.1) is 0 Å². The van der Waals surface area contributed by atoms with Crippen molar-refractivity contribution in [3.63, 3.8) is 0 Å². The number of ether oxygens (including phenoxy) is 1. The van der Waals surface area contributed by atoms with Crippen molar-refractivity contribution < 1.29 is 4.74 Å². The minimum Gasteiger partial charge on any atom is -0.492 e. The summed E-state index contributed by atoms with van der Waals surface area (Å²) in [4.78, 5) is 4.40. The molecule has 6 nitrogen and oxygen atoms in total. The quantitative estimate of drug-likeness (QED) is 0.782. The topological polar surface area (TPSA) is 78.9 Å². The summed E-state index contributed by atoms with van der Waals surface area (Å²) in [6.07, 6.45) is 1.64. The molecule has 0 spiro atoms. The fourth-order valence-corrected chi connectivity index (χ4v) is 2.16. The molecular weight excluding hydrogens is 254 g/mol. The first-order valence-electron chi connectivity index (χ1n) is 6.43. The fourth-order valence-electron chi connectivity index (χ4n) is 2.16. The highest BCUT2D eigenvalue weighted by Gasteiger charge is 2.12. The van der Waals surface area contributed by atoms with Crippen LogP contribution in [0.25, 0.3) is 11.0 Å². The predicted molar refractivity (Wildman–Crippen MR) is 76.4 cm³/mol. The molecule has 0 unspecified atom stereocenters. The van der Waals surface area contributed by atoms with E-state index in [-0.39, 0.29) is 0 Å². The Morgan fingerprint density at radius 1 is 1.25 bits per heavy atom. The zero-order chi connectivity index (χ0) is 13.9. The molecule has 2 heterocycles. The smallest absolute Gasteiger partial charge is 0.201 e. The Kier molecular flexibility index (Phi) is 3.20. The normalized spacial score (nSPS) is 10.8. The number of nitrogen functional groups attached to an aromatic ring is 1. The van der Waals surface area contributed by atoms with E-state index >= 15 is 0 Å². The number of anilines is 1. The molecular formula is C14H15N5O. The Morgan fingerprint density at radius 2 is 2.15 bits per heavy atom. The Bertz CT molecular complexity index is 723. The highest BCUT2D eigenvalue weighted by Crippen LogP contribution is 2.27. The maximum absolute atomic E-state index is 6.01. The van der Waals surface area contributed by atoms with E-state index in [0.29, 0.717) is 19.1 Å². The van der Waals surface area contributed by atoms with E-state index in [4.69, 9.17) is 10.5 Å². The SMILES string of the molecule is CCOc1cccc2c1nc(N)n2Cc1cccnn1. The van der Waals surface area contributed by atoms with Crippen LogP contribution in [0.1, 0.15) is 12.6 Å². The van der Waals surface area contributed by atoms with Gasteiger partial charge in [0.05, 0.1) is 24.4 Å². The Hall–Kier alpha value is -2.63. The van der Waals surface area contributed by atoms with E-state index in [1.165, 1.54) is 0 Å². The molecule has 0 aliphatic heterocycles. The van der Waals surface area contributed by atoms with Gasteiger partial charge in [0.1, 0.15) is 11.3 Å². The third kappa shape index (κ3) is 2.16. The second kappa shape index (κ2) is 5.16. The molecule has 0 atom stereocenters. The van der Waals surface area contributed by atoms with Crippen LogP contribution in [0.4, 0.5) is 5.95 Å². The van der Waals surface area contributed by atoms with Crippen LogP contribution in [0.2, 0.25) is 0 Å². The van der Waals surface area contributed by atoms with Gasteiger partial charge in [0, 0.05) is 6.20 Å². The molecule has 1 aromatic carbocycles. The first kappa shape index (κ1) is 12.4. The van der Waals surface area contributed by atoms with Crippen molar-refractivity contribution in [3.8, 4) is 5.75 Å². The fraction of sp³-hybridized carbons (Fsp3) is 0.214. The van der Waals surface area contributed by atoms with Crippen molar-refractivity contribution in [3.05, 3.63) is 42.2 Å². The number of imidazole rings is 1. The second-order valence-corrected chi connectivity index (χ2v) is 4.33. The summed E-state index contributed by atoms with van der Waals surface area (Å²) in [7, 11) is 0. The lowest BCUT2D eigenvalue weighted by Crippen LogP contribution is -2.06. The van der Waals surface area contributed by atoms with E-state index in [1.807, 2.05) is 41.8 Å². The summed E-state index contributed by atoms with van der Waals surface area (Å²) in [5.41, 5.74) is 8.55. The molecule has 0 aliphatic rings. The van der Waals surface area contributed by atoms with E-state index in [0.717, 1.165) is 22.5 Å². The molecule has 0 fully saturated rings. The summed E-state index contributed by atoms with van der Waals surface area (Å²) < 4.78 is 7.48. The van der Waals surface area contributed by atoms with Gasteiger partial charge in [-0.15, -0.1) is 0 Å². The van der Waals surface area contributed by atoms with Crippen LogP contribution in [-0.2, 0) is 6.54 Å². The Morgan fingerprint density at radius 3 is 2.90 bits per heavy atom. The van der Waals surface area contributed by atoms with E-state index < -0.39 is 0 Å². The van der Waals surface area contributed by atoms with Gasteiger partial charge in [-0.05, 0) is 31.2 Å². The van der Waals surface area contributed by atoms with Crippen molar-refractivity contribution in [2.24, 2.45) is 0 Å². The van der Waals surface area contributed by atoms with Gasteiger partial charge in [-0.1, -0.05) is 6.07 Å². The van der Waals surface area contributed by atoms with Crippen LogP contribution < -0.4 is 10.5 Å². The van der Waals surface area contributed by atoms with Crippen molar-refractivity contribution in [1.82, 2.24) is 19.7 Å². The van der Waals surface area contributed by atoms with Gasteiger partial charge in [0.15, 0.2) is 0 Å². The molecule has 6 heteroatoms. The van der Waals surface area contributed by atoms with Gasteiger partial charge in [-0.2, -0.15) is 10.2 Å². The van der Waals surface area contributed by atoms with E-state index in [9.17, 15) is 0 Å². The number of nitrogens with two attached hydrogens (primary N) is 1. The number of nitrogens with zero attached hydrogens (tertiary/aromatic N) is 4. The average Bonchev–Trinajstić information content (AvgIpc) is 2.78. The lowest BCUT2D eigenvalue weighted by Gasteiger charge is -2.06. The minimum atomic E-state index is 0.442. The first-order chi connectivity index (χ1) is 9.79. The number of benzene rings is 1. The number of rotatable bonds is 4. The van der Waals surface area contributed by atoms with Crippen molar-refractivity contribution >= 4 is 17.0 Å². The number of para-hydroxylation sites is 1. The highest BCUT2D eigenvalue weighted by atomic mass is 16.5. The minimum absolute atomic E-state index is 0.442. The van der Waals surface area contributed by atoms with E-state index in [2.05, 4.69) is 15.2 Å². The van der Waals surface area contributed by atoms with Crippen LogP contribution in [-0.4, -0.2) is 26.4 Å². The molecule has 0 aliphatic carbocycles. The van der Waals surface area contributed by atoms with Gasteiger partial charge in [0.2, 0.25) is 5.95 Å². The number of fused-ring (bicyclic) bond motifs is 1. The molecule has 0 radical (unpaired) electrons. The maximum Gasteiger partial charge on any atom is 0.201 e. The van der Waals surface area contributed by atoms with Gasteiger partial charge in [0.25, 0.3) is 0 Å². The molecule has 2 N–H and O–H groups in total. The van der Waals surface area contributed by atoms with Gasteiger partial charge < -0.3 is 15.0 Å². The first-order valence-corrected chi connectivity index (χ1v) is 6.43. The zero-order valence-electron chi connectivity index (χ0n) is 11.2. The summed E-state index contributed by atoms with van der Waals surface area (Å²) in [5, 5.41) is 7.95. The maximum atomic E-state index is 6.01. The predicted octanol–water partition coefficient (Wildman–Crippen LogP) is 1.86. The molecule has 0 saturated carbocycles. The van der Waals surface area contributed by atoms with Gasteiger partial charge in [-0.3, -0.25) is 0 Å². The standard InChI is InChI=1S/C14H15N5O/c1-2-20-12-7-3-6-11-13(12)17-14(15)19(11)9-10-5-4-8-16-18-10/h3-8H,2,9H2,1H3,(H2,15,17). The van der Waals surface area contributed by atoms with Crippen LogP contribution in [0.5, 0.6) is 5.75 Å². The van der Waals surface area contributed by atoms with Crippen LogP contribution in [0.3, 0.4) is 0 Å². The molecule has 0 amide bonds. The van der Waals surface area contributed by atoms with E-state index in [1.54, 1.807) is 6.20 Å². The lowest BCUT2D eigenvalue weighted by atomic mass is 10.3. The number of aromatic nitrogens is 4. The average molecular weight is 269 g/mol. The third-order valence-electron chi connectivity index (χ3n) is 3.02. The second-order valence-electron chi connectivity index (χ2n) is 4.33. The molecule has 3 rings (SSSR count). The van der Waals surface area contributed by atoms with Crippen molar-refractivity contribution in [2.45, 2.75) is 13.5 Å². The number of hydrogen-bond acceptors (Lipinski definition) is 5. The summed E-state index contributed by atoms with van der Waals surface area (Å²) >= 11 is 0. The zero-order valence-corrected chi connectivity index (χ0v) is 11.2. The van der Waals surface area contributed by atoms with Crippen molar-refractivity contribution in [2.75, 3.05) is 12.3 Å². The molecule has 20 heavy (non-hydrogen) atoms. The van der Waals surface area contributed by atoms with Gasteiger partial charge >= 0.3 is 0 Å². The number of hydrogen-bond donors (Lipinski definition) is 1. The Labute approximate surface area is 116 Å². The monoisotopic (exact) mass is 269 g/mol. The summed E-state index contributed by atoms with van der Waals surface area (Å²) in [5.74, 6) is 1.19. The summed E-state index contributed by atoms with van der Waals surface area (Å²) in [6.45, 7) is 3.07. The molecule has 3 aromatic rings. The van der Waals surface area contributed by atoms with Gasteiger partial charge in [-0.25, -0.2) is 4.98 Å². The molecule has 0 bridgehead atoms. The largest absolute Gasteiger partial charge is 0.492 e. The van der Waals surface area contributed by atoms with Crippen molar-refractivity contribution in [1.29, 1.82) is 0 Å². The van der Waals surface area contributed by atoms with Crippen LogP contribution >= 0.6 is 0 Å². The van der Waals surface area contributed by atoms with Crippen LogP contribution in [0.15, 0.2) is 36.5 Å². The Balaban J connectivity index is 2.07. The molecule has 0 saturated heterocycles. The molecule has 102 valence electrons. The molecule has 2 aromatic heterocycles. The summed E-state index contributed by atoms with van der Waals surface area (Å²) in [6, 6.07) is 9.55. The highest BCUT2D eigenvalue weighted by molar-refractivity contribution is 5.84. The third-order valence-corrected chi connectivity index (χ3v) is 3.02.